The first-order chi connectivity index (χ1) is 7.91. The number of rotatable bonds is 5. The van der Waals surface area contributed by atoms with Gasteiger partial charge < -0.3 is 20.6 Å². The Kier molecular flexibility index (Phi) is 4.34. The highest BCUT2D eigenvalue weighted by atomic mass is 35.5. The van der Waals surface area contributed by atoms with Gasteiger partial charge in [-0.15, -0.1) is 0 Å². The maximum absolute atomic E-state index is 11.0. The zero-order valence-electron chi connectivity index (χ0n) is 9.27. The van der Waals surface area contributed by atoms with Gasteiger partial charge in [-0.1, -0.05) is 11.6 Å². The third kappa shape index (κ3) is 3.33. The topological polar surface area (TPSA) is 89.8 Å². The van der Waals surface area contributed by atoms with Crippen LogP contribution in [0.4, 0.5) is 5.69 Å². The second-order valence-electron chi connectivity index (χ2n) is 4.00. The van der Waals surface area contributed by atoms with Gasteiger partial charge in [-0.3, -0.25) is 0 Å². The van der Waals surface area contributed by atoms with Crippen LogP contribution in [0.25, 0.3) is 0 Å². The normalized spacial score (nSPS) is 11.3. The lowest BCUT2D eigenvalue weighted by Crippen LogP contribution is -2.42. The first-order valence-corrected chi connectivity index (χ1v) is 5.32. The van der Waals surface area contributed by atoms with Crippen LogP contribution < -0.4 is 5.32 Å². The number of aliphatic hydroxyl groups is 2. The number of carboxylic acid groups (broad SMARTS) is 1. The molecule has 0 aromatic heterocycles. The van der Waals surface area contributed by atoms with Crippen molar-refractivity contribution in [2.75, 3.05) is 18.5 Å². The average molecular weight is 260 g/mol. The Morgan fingerprint density at radius 2 is 2.00 bits per heavy atom. The van der Waals surface area contributed by atoms with E-state index in [-0.39, 0.29) is 18.8 Å². The quantitative estimate of drug-likeness (QED) is 0.638. The van der Waals surface area contributed by atoms with Crippen LogP contribution in [0.2, 0.25) is 5.02 Å². The summed E-state index contributed by atoms with van der Waals surface area (Å²) >= 11 is 5.71. The lowest BCUT2D eigenvalue weighted by atomic mass is 10.0. The van der Waals surface area contributed by atoms with Gasteiger partial charge in [0.05, 0.1) is 24.3 Å². The maximum Gasteiger partial charge on any atom is 0.337 e. The van der Waals surface area contributed by atoms with Gasteiger partial charge in [0, 0.05) is 10.7 Å². The Balaban J connectivity index is 3.10. The van der Waals surface area contributed by atoms with Crippen LogP contribution in [-0.2, 0) is 0 Å². The minimum atomic E-state index is -1.13. The van der Waals surface area contributed by atoms with Gasteiger partial charge in [0.1, 0.15) is 0 Å². The predicted molar refractivity (Wildman–Crippen MR) is 64.6 cm³/mol. The molecule has 0 saturated carbocycles. The van der Waals surface area contributed by atoms with Crippen molar-refractivity contribution in [3.63, 3.8) is 0 Å². The molecule has 0 aliphatic rings. The number of benzene rings is 1. The first-order valence-electron chi connectivity index (χ1n) is 4.94. The molecule has 5 nitrogen and oxygen atoms in total. The molecule has 17 heavy (non-hydrogen) atoms. The largest absolute Gasteiger partial charge is 0.478 e. The van der Waals surface area contributed by atoms with E-state index < -0.39 is 11.5 Å². The molecule has 0 aliphatic carbocycles. The van der Waals surface area contributed by atoms with E-state index in [1.807, 2.05) is 0 Å². The molecule has 0 aliphatic heterocycles. The Hall–Kier alpha value is -1.30. The van der Waals surface area contributed by atoms with Gasteiger partial charge in [0.2, 0.25) is 0 Å². The highest BCUT2D eigenvalue weighted by molar-refractivity contribution is 6.31. The first kappa shape index (κ1) is 13.8. The Morgan fingerprint density at radius 1 is 1.41 bits per heavy atom. The summed E-state index contributed by atoms with van der Waals surface area (Å²) in [5, 5.41) is 30.4. The van der Waals surface area contributed by atoms with E-state index in [4.69, 9.17) is 26.9 Å². The number of aromatic carboxylic acids is 1. The summed E-state index contributed by atoms with van der Waals surface area (Å²) in [4.78, 5) is 11.0. The van der Waals surface area contributed by atoms with Gasteiger partial charge >= 0.3 is 5.97 Å². The molecular weight excluding hydrogens is 246 g/mol. The average Bonchev–Trinajstić information content (AvgIpc) is 2.31. The van der Waals surface area contributed by atoms with E-state index in [1.165, 1.54) is 18.2 Å². The van der Waals surface area contributed by atoms with Crippen LogP contribution in [-0.4, -0.2) is 40.0 Å². The minimum Gasteiger partial charge on any atom is -0.478 e. The van der Waals surface area contributed by atoms with Crippen molar-refractivity contribution < 1.29 is 20.1 Å². The van der Waals surface area contributed by atoms with Gasteiger partial charge in [-0.05, 0) is 25.1 Å². The number of nitrogens with one attached hydrogen (secondary N) is 1. The summed E-state index contributed by atoms with van der Waals surface area (Å²) in [6.07, 6.45) is 0. The molecule has 0 fully saturated rings. The lowest BCUT2D eigenvalue weighted by molar-refractivity contribution is 0.0697. The summed E-state index contributed by atoms with van der Waals surface area (Å²) < 4.78 is 0. The van der Waals surface area contributed by atoms with Gasteiger partial charge in [0.25, 0.3) is 0 Å². The zero-order valence-corrected chi connectivity index (χ0v) is 10.0. The third-order valence-corrected chi connectivity index (χ3v) is 2.58. The molecule has 0 spiro atoms. The second-order valence-corrected chi connectivity index (χ2v) is 4.43. The van der Waals surface area contributed by atoms with Crippen molar-refractivity contribution in [2.24, 2.45) is 0 Å². The number of anilines is 1. The molecule has 0 bridgehead atoms. The Bertz CT molecular complexity index is 418. The molecule has 0 atom stereocenters. The number of hydrogen-bond donors (Lipinski definition) is 4. The summed E-state index contributed by atoms with van der Waals surface area (Å²) in [5.74, 6) is -1.13. The Morgan fingerprint density at radius 3 is 2.47 bits per heavy atom. The van der Waals surface area contributed by atoms with Gasteiger partial charge in [-0.2, -0.15) is 0 Å². The summed E-state index contributed by atoms with van der Waals surface area (Å²) in [7, 11) is 0. The van der Waals surface area contributed by atoms with E-state index in [1.54, 1.807) is 6.92 Å². The van der Waals surface area contributed by atoms with Crippen LogP contribution in [0, 0.1) is 0 Å². The molecule has 6 heteroatoms. The smallest absolute Gasteiger partial charge is 0.337 e. The summed E-state index contributed by atoms with van der Waals surface area (Å²) in [5.41, 5.74) is -0.698. The fourth-order valence-corrected chi connectivity index (χ4v) is 1.43. The molecule has 1 aromatic carbocycles. The van der Waals surface area contributed by atoms with E-state index in [9.17, 15) is 4.79 Å². The highest BCUT2D eigenvalue weighted by Gasteiger charge is 2.24. The second kappa shape index (κ2) is 5.35. The lowest BCUT2D eigenvalue weighted by Gasteiger charge is -2.28. The molecule has 94 valence electrons. The van der Waals surface area contributed by atoms with Crippen molar-refractivity contribution in [2.45, 2.75) is 12.5 Å². The zero-order chi connectivity index (χ0) is 13.1. The van der Waals surface area contributed by atoms with Crippen LogP contribution in [0.3, 0.4) is 0 Å². The van der Waals surface area contributed by atoms with E-state index in [2.05, 4.69) is 5.32 Å². The SMILES string of the molecule is CC(CO)(CO)Nc1ccc(Cl)cc1C(=O)O. The minimum absolute atomic E-state index is 0.00868. The van der Waals surface area contributed by atoms with Crippen LogP contribution >= 0.6 is 11.6 Å². The van der Waals surface area contributed by atoms with Crippen molar-refractivity contribution in [3.8, 4) is 0 Å². The van der Waals surface area contributed by atoms with E-state index >= 15 is 0 Å². The van der Waals surface area contributed by atoms with Crippen LogP contribution in [0.15, 0.2) is 18.2 Å². The molecule has 0 amide bonds. The fraction of sp³-hybridized carbons (Fsp3) is 0.364. The number of aliphatic hydroxyl groups excluding tert-OH is 2. The van der Waals surface area contributed by atoms with Crippen molar-refractivity contribution in [1.29, 1.82) is 0 Å². The third-order valence-electron chi connectivity index (χ3n) is 2.35. The molecule has 0 saturated heterocycles. The van der Waals surface area contributed by atoms with Crippen LogP contribution in [0.1, 0.15) is 17.3 Å². The molecule has 1 aromatic rings. The van der Waals surface area contributed by atoms with Crippen molar-refractivity contribution >= 4 is 23.3 Å². The predicted octanol–water partition coefficient (Wildman–Crippen LogP) is 1.19. The summed E-state index contributed by atoms with van der Waals surface area (Å²) in [6, 6.07) is 4.34. The molecule has 0 heterocycles. The fourth-order valence-electron chi connectivity index (χ4n) is 1.26. The number of halogens is 1. The van der Waals surface area contributed by atoms with Crippen molar-refractivity contribution in [3.05, 3.63) is 28.8 Å². The van der Waals surface area contributed by atoms with Gasteiger partial charge in [0.15, 0.2) is 0 Å². The van der Waals surface area contributed by atoms with Gasteiger partial charge in [-0.25, -0.2) is 4.79 Å². The molecule has 1 rings (SSSR count). The van der Waals surface area contributed by atoms with Crippen molar-refractivity contribution in [1.82, 2.24) is 0 Å². The standard InChI is InChI=1S/C11H14ClNO4/c1-11(5-14,6-15)13-9-3-2-7(12)4-8(9)10(16)17/h2-4,13-15H,5-6H2,1H3,(H,16,17). The summed E-state index contributed by atoms with van der Waals surface area (Å²) in [6.45, 7) is 0.920. The maximum atomic E-state index is 11.0. The number of hydrogen-bond acceptors (Lipinski definition) is 4. The molecule has 0 unspecified atom stereocenters. The number of carboxylic acids is 1. The molecule has 4 N–H and O–H groups in total. The molecular formula is C11H14ClNO4. The van der Waals surface area contributed by atoms with E-state index in [0.717, 1.165) is 0 Å². The highest BCUT2D eigenvalue weighted by Crippen LogP contribution is 2.23. The van der Waals surface area contributed by atoms with E-state index in [0.29, 0.717) is 10.7 Å². The Labute approximate surface area is 104 Å². The van der Waals surface area contributed by atoms with Crippen LogP contribution in [0.5, 0.6) is 0 Å². The monoisotopic (exact) mass is 259 g/mol. The molecule has 0 radical (unpaired) electrons. The number of carbonyl (C=O) groups is 1.